The van der Waals surface area contributed by atoms with E-state index in [4.69, 9.17) is 9.15 Å². The van der Waals surface area contributed by atoms with Crippen LogP contribution in [0.5, 0.6) is 0 Å². The Balaban J connectivity index is 1.50. The first kappa shape index (κ1) is 18.5. The lowest BCUT2D eigenvalue weighted by atomic mass is 9.86. The molecule has 1 heterocycles. The minimum atomic E-state index is -0.417. The number of amides is 1. The van der Waals surface area contributed by atoms with Gasteiger partial charge in [0.05, 0.1) is 12.7 Å². The predicted octanol–water partition coefficient (Wildman–Crippen LogP) is 3.78. The number of aryl methyl sites for hydroxylation is 1. The van der Waals surface area contributed by atoms with Crippen LogP contribution in [0.15, 0.2) is 28.9 Å². The van der Waals surface area contributed by atoms with E-state index in [9.17, 15) is 9.59 Å². The zero-order valence-electron chi connectivity index (χ0n) is 15.5. The van der Waals surface area contributed by atoms with Crippen molar-refractivity contribution < 1.29 is 18.7 Å². The largest absolute Gasteiger partial charge is 0.464 e. The molecule has 26 heavy (non-hydrogen) atoms. The summed E-state index contributed by atoms with van der Waals surface area (Å²) in [7, 11) is 0. The van der Waals surface area contributed by atoms with Crippen LogP contribution in [0.2, 0.25) is 0 Å². The van der Waals surface area contributed by atoms with E-state index in [0.717, 1.165) is 42.2 Å². The molecule has 1 fully saturated rings. The maximum atomic E-state index is 12.1. The van der Waals surface area contributed by atoms with E-state index in [-0.39, 0.29) is 25.0 Å². The smallest absolute Gasteiger partial charge is 0.310 e. The third-order valence-corrected chi connectivity index (χ3v) is 5.29. The van der Waals surface area contributed by atoms with Crippen molar-refractivity contribution in [1.29, 1.82) is 0 Å². The summed E-state index contributed by atoms with van der Waals surface area (Å²) in [5.74, 6) is -0.158. The minimum Gasteiger partial charge on any atom is -0.464 e. The molecule has 1 aliphatic carbocycles. The van der Waals surface area contributed by atoms with Crippen molar-refractivity contribution in [3.05, 3.63) is 35.6 Å². The molecular weight excluding hydrogens is 330 g/mol. The highest BCUT2D eigenvalue weighted by atomic mass is 16.5. The van der Waals surface area contributed by atoms with Gasteiger partial charge in [0.25, 0.3) is 5.91 Å². The van der Waals surface area contributed by atoms with Crippen LogP contribution in [0.3, 0.4) is 0 Å². The molecule has 5 nitrogen and oxygen atoms in total. The first-order valence-corrected chi connectivity index (χ1v) is 9.50. The third-order valence-electron chi connectivity index (χ3n) is 5.29. The van der Waals surface area contributed by atoms with Gasteiger partial charge < -0.3 is 14.5 Å². The number of furan rings is 1. The second-order valence-corrected chi connectivity index (χ2v) is 7.22. The highest BCUT2D eigenvalue weighted by molar-refractivity contribution is 5.87. The van der Waals surface area contributed by atoms with Gasteiger partial charge in [-0.1, -0.05) is 38.8 Å². The number of ether oxygens (including phenoxy) is 1. The van der Waals surface area contributed by atoms with Crippen molar-refractivity contribution in [3.8, 4) is 0 Å². The van der Waals surface area contributed by atoms with Gasteiger partial charge in [-0.2, -0.15) is 0 Å². The van der Waals surface area contributed by atoms with E-state index in [1.165, 1.54) is 12.0 Å². The minimum absolute atomic E-state index is 0.103. The van der Waals surface area contributed by atoms with Gasteiger partial charge in [0.1, 0.15) is 5.58 Å². The molecule has 0 saturated heterocycles. The summed E-state index contributed by atoms with van der Waals surface area (Å²) < 4.78 is 10.7. The second kappa shape index (κ2) is 8.39. The van der Waals surface area contributed by atoms with Crippen molar-refractivity contribution in [2.24, 2.45) is 5.92 Å². The van der Waals surface area contributed by atoms with Gasteiger partial charge in [0.15, 0.2) is 6.61 Å². The molecule has 1 saturated carbocycles. The van der Waals surface area contributed by atoms with Crippen molar-refractivity contribution >= 4 is 22.8 Å². The SMILES string of the molecule is CCc1ccc2c(CC(=O)OCC(=O)N[C@@H]3CCCC[C@H]3C)coc2c1. The summed E-state index contributed by atoms with van der Waals surface area (Å²) in [4.78, 5) is 24.1. The number of carbonyl (C=O) groups is 2. The molecule has 2 atom stereocenters. The van der Waals surface area contributed by atoms with Crippen LogP contribution >= 0.6 is 0 Å². The Kier molecular flexibility index (Phi) is 5.96. The average Bonchev–Trinajstić information content (AvgIpc) is 3.04. The van der Waals surface area contributed by atoms with Gasteiger partial charge in [-0.25, -0.2) is 0 Å². The topological polar surface area (TPSA) is 68.5 Å². The van der Waals surface area contributed by atoms with E-state index in [0.29, 0.717) is 5.92 Å². The van der Waals surface area contributed by atoms with E-state index in [1.54, 1.807) is 6.26 Å². The molecule has 0 bridgehead atoms. The Morgan fingerprint density at radius 1 is 1.27 bits per heavy atom. The molecule has 0 aliphatic heterocycles. The van der Waals surface area contributed by atoms with E-state index in [1.807, 2.05) is 18.2 Å². The number of hydrogen-bond donors (Lipinski definition) is 1. The van der Waals surface area contributed by atoms with Crippen LogP contribution in [0, 0.1) is 5.92 Å². The Labute approximate surface area is 154 Å². The number of esters is 1. The highest BCUT2D eigenvalue weighted by Gasteiger charge is 2.23. The summed E-state index contributed by atoms with van der Waals surface area (Å²) in [6.45, 7) is 4.02. The molecule has 1 N–H and O–H groups in total. The van der Waals surface area contributed by atoms with Crippen molar-refractivity contribution in [2.45, 2.75) is 58.4 Å². The molecule has 1 aromatic heterocycles. The van der Waals surface area contributed by atoms with Crippen molar-refractivity contribution in [3.63, 3.8) is 0 Å². The maximum absolute atomic E-state index is 12.1. The lowest BCUT2D eigenvalue weighted by Gasteiger charge is -2.29. The number of hydrogen-bond acceptors (Lipinski definition) is 4. The van der Waals surface area contributed by atoms with Crippen molar-refractivity contribution in [2.75, 3.05) is 6.61 Å². The molecule has 3 rings (SSSR count). The fourth-order valence-corrected chi connectivity index (χ4v) is 3.62. The molecule has 2 aromatic rings. The van der Waals surface area contributed by atoms with Crippen molar-refractivity contribution in [1.82, 2.24) is 5.32 Å². The molecule has 1 aliphatic rings. The lowest BCUT2D eigenvalue weighted by Crippen LogP contribution is -2.42. The summed E-state index contributed by atoms with van der Waals surface area (Å²) in [6, 6.07) is 6.19. The Morgan fingerprint density at radius 3 is 2.85 bits per heavy atom. The second-order valence-electron chi connectivity index (χ2n) is 7.22. The van der Waals surface area contributed by atoms with Crippen LogP contribution in [0.4, 0.5) is 0 Å². The van der Waals surface area contributed by atoms with Gasteiger partial charge in [0, 0.05) is 17.0 Å². The van der Waals surface area contributed by atoms with Gasteiger partial charge >= 0.3 is 5.97 Å². The fourth-order valence-electron chi connectivity index (χ4n) is 3.62. The third kappa shape index (κ3) is 4.45. The van der Waals surface area contributed by atoms with Gasteiger partial charge in [-0.15, -0.1) is 0 Å². The monoisotopic (exact) mass is 357 g/mol. The first-order valence-electron chi connectivity index (χ1n) is 9.50. The summed E-state index contributed by atoms with van der Waals surface area (Å²) in [5, 5.41) is 3.91. The van der Waals surface area contributed by atoms with Gasteiger partial charge in [-0.3, -0.25) is 9.59 Å². The molecule has 1 aromatic carbocycles. The number of fused-ring (bicyclic) bond motifs is 1. The molecule has 0 spiro atoms. The summed E-state index contributed by atoms with van der Waals surface area (Å²) >= 11 is 0. The molecule has 0 unspecified atom stereocenters. The van der Waals surface area contributed by atoms with Crippen LogP contribution in [-0.2, 0) is 27.2 Å². The zero-order chi connectivity index (χ0) is 18.5. The molecular formula is C21H27NO4. The number of benzene rings is 1. The number of rotatable bonds is 6. The highest BCUT2D eigenvalue weighted by Crippen LogP contribution is 2.24. The van der Waals surface area contributed by atoms with Crippen LogP contribution in [0.1, 0.15) is 50.7 Å². The predicted molar refractivity (Wildman–Crippen MR) is 99.8 cm³/mol. The molecule has 5 heteroatoms. The Morgan fingerprint density at radius 2 is 2.08 bits per heavy atom. The normalized spacial score (nSPS) is 20.1. The average molecular weight is 357 g/mol. The van der Waals surface area contributed by atoms with Crippen LogP contribution in [-0.4, -0.2) is 24.5 Å². The van der Waals surface area contributed by atoms with Crippen LogP contribution in [0.25, 0.3) is 11.0 Å². The maximum Gasteiger partial charge on any atom is 0.310 e. The number of carbonyl (C=O) groups excluding carboxylic acids is 2. The lowest BCUT2D eigenvalue weighted by molar-refractivity contribution is -0.148. The van der Waals surface area contributed by atoms with Gasteiger partial charge in [-0.05, 0) is 36.8 Å². The molecule has 1 amide bonds. The summed E-state index contributed by atoms with van der Waals surface area (Å²) in [6.07, 6.45) is 7.13. The van der Waals surface area contributed by atoms with E-state index >= 15 is 0 Å². The summed E-state index contributed by atoms with van der Waals surface area (Å²) in [5.41, 5.74) is 2.75. The van der Waals surface area contributed by atoms with E-state index < -0.39 is 5.97 Å². The first-order chi connectivity index (χ1) is 12.6. The number of nitrogens with one attached hydrogen (secondary N) is 1. The Bertz CT molecular complexity index is 779. The van der Waals surface area contributed by atoms with E-state index in [2.05, 4.69) is 19.2 Å². The standard InChI is InChI=1S/C21H27NO4/c1-3-15-8-9-17-16(12-25-19(17)10-15)11-21(24)26-13-20(23)22-18-7-5-4-6-14(18)2/h8-10,12,14,18H,3-7,11,13H2,1-2H3,(H,22,23)/t14-,18-/m1/s1. The molecule has 140 valence electrons. The molecule has 0 radical (unpaired) electrons. The zero-order valence-corrected chi connectivity index (χ0v) is 15.5. The fraction of sp³-hybridized carbons (Fsp3) is 0.524. The quantitative estimate of drug-likeness (QED) is 0.799. The van der Waals surface area contributed by atoms with Crippen LogP contribution < -0.4 is 5.32 Å². The Hall–Kier alpha value is -2.30. The van der Waals surface area contributed by atoms with Gasteiger partial charge in [0.2, 0.25) is 0 Å².